The molecule has 1 saturated heterocycles. The van der Waals surface area contributed by atoms with Crippen LogP contribution in [0.15, 0.2) is 29.3 Å². The minimum absolute atomic E-state index is 0.00321. The van der Waals surface area contributed by atoms with Gasteiger partial charge in [-0.3, -0.25) is 18.8 Å². The number of H-pyrrole nitrogens is 1. The molecule has 2 aromatic rings. The quantitative estimate of drug-likeness (QED) is 0.855. The lowest BCUT2D eigenvalue weighted by Gasteiger charge is -2.26. The van der Waals surface area contributed by atoms with Crippen molar-refractivity contribution in [1.82, 2.24) is 19.9 Å². The Bertz CT molecular complexity index is 898. The van der Waals surface area contributed by atoms with Crippen LogP contribution in [0.3, 0.4) is 0 Å². The van der Waals surface area contributed by atoms with Crippen LogP contribution in [0.1, 0.15) is 31.0 Å². The molecule has 8 heteroatoms. The maximum absolute atomic E-state index is 12.6. The third kappa shape index (κ3) is 4.68. The second-order valence-electron chi connectivity index (χ2n) is 6.79. The molecule has 0 aliphatic carbocycles. The van der Waals surface area contributed by atoms with E-state index >= 15 is 0 Å². The van der Waals surface area contributed by atoms with Crippen LogP contribution in [-0.2, 0) is 22.0 Å². The fourth-order valence-corrected chi connectivity index (χ4v) is 4.48. The number of aromatic amines is 1. The van der Waals surface area contributed by atoms with Crippen LogP contribution in [0, 0.1) is 6.92 Å². The number of amides is 1. The van der Waals surface area contributed by atoms with Gasteiger partial charge in [0, 0.05) is 70.5 Å². The summed E-state index contributed by atoms with van der Waals surface area (Å²) >= 11 is 0. The Kier molecular flexibility index (Phi) is 6.15. The van der Waals surface area contributed by atoms with E-state index in [0.29, 0.717) is 41.6 Å². The molecule has 2 unspecified atom stereocenters. The molecule has 27 heavy (non-hydrogen) atoms. The summed E-state index contributed by atoms with van der Waals surface area (Å²) in [5.74, 6) is 1.64. The first-order valence-electron chi connectivity index (χ1n) is 9.10. The predicted octanol–water partition coefficient (Wildman–Crippen LogP) is 1.44. The minimum Gasteiger partial charge on any atom is -0.339 e. The van der Waals surface area contributed by atoms with Gasteiger partial charge in [0.25, 0.3) is 5.56 Å². The van der Waals surface area contributed by atoms with Crippen molar-refractivity contribution in [2.75, 3.05) is 18.1 Å². The maximum atomic E-state index is 12.6. The second kappa shape index (κ2) is 8.56. The van der Waals surface area contributed by atoms with Crippen molar-refractivity contribution in [3.8, 4) is 11.4 Å². The summed E-state index contributed by atoms with van der Waals surface area (Å²) in [6.45, 7) is 4.29. The van der Waals surface area contributed by atoms with Crippen molar-refractivity contribution in [1.29, 1.82) is 0 Å². The van der Waals surface area contributed by atoms with Crippen LogP contribution in [0.5, 0.6) is 0 Å². The molecule has 3 heterocycles. The minimum atomic E-state index is -0.848. The number of pyridine rings is 1. The van der Waals surface area contributed by atoms with Crippen LogP contribution in [0.2, 0.25) is 0 Å². The summed E-state index contributed by atoms with van der Waals surface area (Å²) in [7, 11) is -0.848. The predicted molar refractivity (Wildman–Crippen MR) is 105 cm³/mol. The molecule has 7 nitrogen and oxygen atoms in total. The van der Waals surface area contributed by atoms with Crippen molar-refractivity contribution < 1.29 is 9.00 Å². The number of aromatic nitrogens is 3. The van der Waals surface area contributed by atoms with Gasteiger partial charge in [-0.25, -0.2) is 4.98 Å². The van der Waals surface area contributed by atoms with Crippen molar-refractivity contribution in [2.45, 2.75) is 39.2 Å². The smallest absolute Gasteiger partial charge is 0.254 e. The molecule has 0 radical (unpaired) electrons. The van der Waals surface area contributed by atoms with Crippen LogP contribution in [0.25, 0.3) is 11.4 Å². The Morgan fingerprint density at radius 3 is 2.93 bits per heavy atom. The zero-order chi connectivity index (χ0) is 19.4. The van der Waals surface area contributed by atoms with E-state index in [4.69, 9.17) is 0 Å². The summed E-state index contributed by atoms with van der Waals surface area (Å²) in [4.78, 5) is 38.2. The number of nitrogens with one attached hydrogen (secondary N) is 1. The first kappa shape index (κ1) is 19.4. The van der Waals surface area contributed by atoms with E-state index in [9.17, 15) is 13.8 Å². The molecule has 1 aliphatic rings. The number of carbonyl (C=O) groups is 1. The highest BCUT2D eigenvalue weighted by molar-refractivity contribution is 7.85. The summed E-state index contributed by atoms with van der Waals surface area (Å²) in [6.07, 6.45) is 4.64. The van der Waals surface area contributed by atoms with E-state index in [1.54, 1.807) is 30.3 Å². The Hall–Kier alpha value is -2.35. The van der Waals surface area contributed by atoms with Crippen molar-refractivity contribution in [2.24, 2.45) is 0 Å². The first-order chi connectivity index (χ1) is 13.0. The van der Waals surface area contributed by atoms with Crippen LogP contribution in [-0.4, -0.2) is 54.1 Å². The van der Waals surface area contributed by atoms with E-state index < -0.39 is 10.8 Å². The highest BCUT2D eigenvalue weighted by Gasteiger charge is 2.24. The van der Waals surface area contributed by atoms with Gasteiger partial charge in [0.1, 0.15) is 5.82 Å². The monoisotopic (exact) mass is 388 g/mol. The third-order valence-electron chi connectivity index (χ3n) is 4.92. The summed E-state index contributed by atoms with van der Waals surface area (Å²) in [6, 6.07) is 3.69. The molecule has 3 rings (SSSR count). The van der Waals surface area contributed by atoms with E-state index in [-0.39, 0.29) is 23.9 Å². The van der Waals surface area contributed by atoms with E-state index in [0.717, 1.165) is 12.0 Å². The molecular formula is C19H24N4O3S. The summed E-state index contributed by atoms with van der Waals surface area (Å²) < 4.78 is 11.7. The number of rotatable bonds is 4. The van der Waals surface area contributed by atoms with Gasteiger partial charge in [0.15, 0.2) is 0 Å². The number of nitrogens with zero attached hydrogens (tertiary/aromatic N) is 3. The van der Waals surface area contributed by atoms with E-state index in [1.165, 1.54) is 0 Å². The fourth-order valence-electron chi connectivity index (χ4n) is 3.27. The van der Waals surface area contributed by atoms with E-state index in [2.05, 4.69) is 15.0 Å². The van der Waals surface area contributed by atoms with Gasteiger partial charge in [0.05, 0.1) is 0 Å². The van der Waals surface area contributed by atoms with Gasteiger partial charge >= 0.3 is 0 Å². The van der Waals surface area contributed by atoms with Crippen LogP contribution >= 0.6 is 0 Å². The average molecular weight is 388 g/mol. The van der Waals surface area contributed by atoms with Crippen LogP contribution < -0.4 is 5.56 Å². The SMILES string of the molecule is Cc1nc(-c2cccnc2)[nH]c(=O)c1CCC(=O)N1CCS(=O)CCC1C. The lowest BCUT2D eigenvalue weighted by Crippen LogP contribution is -2.39. The summed E-state index contributed by atoms with van der Waals surface area (Å²) in [5, 5.41) is 0. The molecule has 1 N–H and O–H groups in total. The van der Waals surface area contributed by atoms with Crippen molar-refractivity contribution >= 4 is 16.7 Å². The number of hydrogen-bond acceptors (Lipinski definition) is 5. The average Bonchev–Trinajstić information content (AvgIpc) is 2.82. The normalized spacial score (nSPS) is 20.3. The van der Waals surface area contributed by atoms with E-state index in [1.807, 2.05) is 13.0 Å². The Labute approximate surface area is 160 Å². The molecule has 0 aromatic carbocycles. The molecule has 2 aromatic heterocycles. The van der Waals surface area contributed by atoms with Gasteiger partial charge in [-0.05, 0) is 38.8 Å². The fraction of sp³-hybridized carbons (Fsp3) is 0.474. The highest BCUT2D eigenvalue weighted by Crippen LogP contribution is 2.15. The third-order valence-corrected chi connectivity index (χ3v) is 6.25. The maximum Gasteiger partial charge on any atom is 0.254 e. The lowest BCUT2D eigenvalue weighted by molar-refractivity contribution is -0.132. The molecule has 0 spiro atoms. The number of aryl methyl sites for hydroxylation is 1. The van der Waals surface area contributed by atoms with Crippen molar-refractivity contribution in [3.05, 3.63) is 46.1 Å². The van der Waals surface area contributed by atoms with Crippen molar-refractivity contribution in [3.63, 3.8) is 0 Å². The topological polar surface area (TPSA) is 96.0 Å². The molecule has 1 amide bonds. The van der Waals surface area contributed by atoms with Gasteiger partial charge in [-0.1, -0.05) is 0 Å². The Morgan fingerprint density at radius 1 is 1.41 bits per heavy atom. The molecule has 0 bridgehead atoms. The van der Waals surface area contributed by atoms with Crippen LogP contribution in [0.4, 0.5) is 0 Å². The zero-order valence-corrected chi connectivity index (χ0v) is 16.4. The highest BCUT2D eigenvalue weighted by atomic mass is 32.2. The molecule has 2 atom stereocenters. The molecule has 0 saturated carbocycles. The largest absolute Gasteiger partial charge is 0.339 e. The van der Waals surface area contributed by atoms with Gasteiger partial charge in [0.2, 0.25) is 5.91 Å². The first-order valence-corrected chi connectivity index (χ1v) is 10.6. The molecular weight excluding hydrogens is 364 g/mol. The molecule has 144 valence electrons. The van der Waals surface area contributed by atoms with Gasteiger partial charge in [-0.2, -0.15) is 0 Å². The van der Waals surface area contributed by atoms with Gasteiger partial charge in [-0.15, -0.1) is 0 Å². The molecule has 1 aliphatic heterocycles. The van der Waals surface area contributed by atoms with Gasteiger partial charge < -0.3 is 9.88 Å². The molecule has 1 fully saturated rings. The Morgan fingerprint density at radius 2 is 2.22 bits per heavy atom. The number of hydrogen-bond donors (Lipinski definition) is 1. The second-order valence-corrected chi connectivity index (χ2v) is 8.49. The lowest BCUT2D eigenvalue weighted by atomic mass is 10.1. The standard InChI is InChI=1S/C19H24N4O3S/c1-13-7-10-27(26)11-9-23(13)17(24)6-5-16-14(2)21-18(22-19(16)25)15-4-3-8-20-12-15/h3-4,8,12-13H,5-7,9-11H2,1-2H3,(H,21,22,25). The Balaban J connectivity index is 1.71. The summed E-state index contributed by atoms with van der Waals surface area (Å²) in [5.41, 5.74) is 1.67. The zero-order valence-electron chi connectivity index (χ0n) is 15.6. The number of carbonyl (C=O) groups excluding carboxylic acids is 1.